The van der Waals surface area contributed by atoms with Crippen LogP contribution in [0.1, 0.15) is 0 Å². The number of benzene rings is 9. The number of rotatable bonds is 4. The van der Waals surface area contributed by atoms with Gasteiger partial charge in [0.25, 0.3) is 0 Å². The van der Waals surface area contributed by atoms with Crippen molar-refractivity contribution in [1.29, 1.82) is 0 Å². The molecule has 0 spiro atoms. The van der Waals surface area contributed by atoms with Gasteiger partial charge in [-0.15, -0.1) is 0 Å². The van der Waals surface area contributed by atoms with E-state index in [4.69, 9.17) is 28.2 Å². The SMILES string of the molecule is c1ccc2cc3c(cc2c1)c1ccccc1n3-c1cc2oc3ccccc3c2cc1-c1nc(-c2cccc3c2oc2ccccc23)nc(-c2cccc3c2oc2ccccc23)n1. The fourth-order valence-electron chi connectivity index (χ4n) is 9.62. The molecule has 14 aromatic rings. The van der Waals surface area contributed by atoms with E-state index in [1.165, 1.54) is 5.39 Å². The maximum atomic E-state index is 6.63. The Labute approximate surface area is 351 Å². The summed E-state index contributed by atoms with van der Waals surface area (Å²) in [7, 11) is 0. The van der Waals surface area contributed by atoms with Gasteiger partial charge in [0.1, 0.15) is 33.5 Å². The van der Waals surface area contributed by atoms with E-state index in [0.29, 0.717) is 28.6 Å². The molecule has 5 heterocycles. The molecule has 0 atom stereocenters. The van der Waals surface area contributed by atoms with E-state index in [9.17, 15) is 0 Å². The van der Waals surface area contributed by atoms with Crippen molar-refractivity contribution in [1.82, 2.24) is 19.5 Å². The molecule has 0 amide bonds. The van der Waals surface area contributed by atoms with E-state index in [-0.39, 0.29) is 0 Å². The number of hydrogen-bond donors (Lipinski definition) is 0. The number of fused-ring (bicyclic) bond motifs is 13. The molecule has 9 aromatic carbocycles. The highest BCUT2D eigenvalue weighted by Crippen LogP contribution is 2.43. The smallest absolute Gasteiger partial charge is 0.167 e. The second kappa shape index (κ2) is 12.5. The van der Waals surface area contributed by atoms with Crippen LogP contribution in [0.15, 0.2) is 195 Å². The molecule has 14 rings (SSSR count). The molecule has 0 fully saturated rings. The summed E-state index contributed by atoms with van der Waals surface area (Å²) in [4.78, 5) is 16.2. The van der Waals surface area contributed by atoms with Gasteiger partial charge in [0, 0.05) is 54.7 Å². The lowest BCUT2D eigenvalue weighted by atomic mass is 10.0. The number of aromatic nitrogens is 4. The van der Waals surface area contributed by atoms with Crippen LogP contribution in [-0.2, 0) is 0 Å². The van der Waals surface area contributed by atoms with Crippen LogP contribution in [0, 0.1) is 0 Å². The minimum Gasteiger partial charge on any atom is -0.456 e. The molecule has 0 aliphatic rings. The van der Waals surface area contributed by atoms with E-state index in [1.807, 2.05) is 78.9 Å². The van der Waals surface area contributed by atoms with E-state index in [0.717, 1.165) is 104 Å². The highest BCUT2D eigenvalue weighted by atomic mass is 16.3. The van der Waals surface area contributed by atoms with Crippen molar-refractivity contribution in [3.8, 4) is 39.9 Å². The van der Waals surface area contributed by atoms with Crippen LogP contribution in [0.25, 0.3) is 138 Å². The van der Waals surface area contributed by atoms with Crippen LogP contribution in [0.3, 0.4) is 0 Å². The van der Waals surface area contributed by atoms with Gasteiger partial charge in [-0.1, -0.05) is 121 Å². The molecule has 0 N–H and O–H groups in total. The number of para-hydroxylation sites is 6. The molecule has 5 aromatic heterocycles. The van der Waals surface area contributed by atoms with Crippen molar-refractivity contribution in [2.45, 2.75) is 0 Å². The molecule has 0 saturated carbocycles. The molecule has 0 saturated heterocycles. The minimum absolute atomic E-state index is 0.485. The third kappa shape index (κ3) is 4.73. The van der Waals surface area contributed by atoms with Gasteiger partial charge in [0.15, 0.2) is 17.5 Å². The van der Waals surface area contributed by atoms with Gasteiger partial charge in [-0.05, 0) is 65.4 Å². The average molecular weight is 795 g/mol. The maximum Gasteiger partial charge on any atom is 0.167 e. The summed E-state index contributed by atoms with van der Waals surface area (Å²) in [6.45, 7) is 0. The molecular formula is C55H30N4O3. The van der Waals surface area contributed by atoms with E-state index in [2.05, 4.69) is 108 Å². The second-order valence-electron chi connectivity index (χ2n) is 15.9. The van der Waals surface area contributed by atoms with Crippen molar-refractivity contribution in [2.24, 2.45) is 0 Å². The lowest BCUT2D eigenvalue weighted by Gasteiger charge is -2.15. The largest absolute Gasteiger partial charge is 0.456 e. The first-order chi connectivity index (χ1) is 30.7. The predicted molar refractivity (Wildman–Crippen MR) is 250 cm³/mol. The molecule has 7 heteroatoms. The summed E-state index contributed by atoms with van der Waals surface area (Å²) in [6.07, 6.45) is 0. The van der Waals surface area contributed by atoms with Crippen molar-refractivity contribution in [3.63, 3.8) is 0 Å². The van der Waals surface area contributed by atoms with E-state index in [1.54, 1.807) is 0 Å². The third-order valence-corrected chi connectivity index (χ3v) is 12.4. The molecule has 288 valence electrons. The van der Waals surface area contributed by atoms with Crippen LogP contribution in [-0.4, -0.2) is 19.5 Å². The maximum absolute atomic E-state index is 6.63. The van der Waals surface area contributed by atoms with Crippen LogP contribution in [0.2, 0.25) is 0 Å². The Balaban J connectivity index is 1.13. The van der Waals surface area contributed by atoms with Crippen LogP contribution < -0.4 is 0 Å². The second-order valence-corrected chi connectivity index (χ2v) is 15.9. The van der Waals surface area contributed by atoms with Gasteiger partial charge in [-0.25, -0.2) is 15.0 Å². The first-order valence-corrected chi connectivity index (χ1v) is 20.7. The zero-order valence-electron chi connectivity index (χ0n) is 32.8. The Bertz CT molecular complexity index is 4060. The molecule has 7 nitrogen and oxygen atoms in total. The zero-order chi connectivity index (χ0) is 40.5. The molecular weight excluding hydrogens is 765 g/mol. The molecule has 62 heavy (non-hydrogen) atoms. The molecule has 0 unspecified atom stereocenters. The fourth-order valence-corrected chi connectivity index (χ4v) is 9.62. The Morgan fingerprint density at radius 3 is 1.42 bits per heavy atom. The van der Waals surface area contributed by atoms with Crippen LogP contribution >= 0.6 is 0 Å². The van der Waals surface area contributed by atoms with Gasteiger partial charge >= 0.3 is 0 Å². The Morgan fingerprint density at radius 2 is 0.790 bits per heavy atom. The lowest BCUT2D eigenvalue weighted by Crippen LogP contribution is -2.04. The highest BCUT2D eigenvalue weighted by molar-refractivity contribution is 6.16. The first kappa shape index (κ1) is 33.3. The van der Waals surface area contributed by atoms with Gasteiger partial charge in [0.2, 0.25) is 0 Å². The highest BCUT2D eigenvalue weighted by Gasteiger charge is 2.25. The summed E-state index contributed by atoms with van der Waals surface area (Å²) in [5.41, 5.74) is 9.95. The predicted octanol–water partition coefficient (Wildman–Crippen LogP) is 14.8. The number of hydrogen-bond acceptors (Lipinski definition) is 6. The van der Waals surface area contributed by atoms with E-state index >= 15 is 0 Å². The Kier molecular flexibility index (Phi) is 6.71. The number of furan rings is 3. The first-order valence-electron chi connectivity index (χ1n) is 20.7. The average Bonchev–Trinajstić information content (AvgIpc) is 4.09. The van der Waals surface area contributed by atoms with Crippen LogP contribution in [0.5, 0.6) is 0 Å². The summed E-state index contributed by atoms with van der Waals surface area (Å²) >= 11 is 0. The van der Waals surface area contributed by atoms with Crippen molar-refractivity contribution >= 4 is 98.4 Å². The fraction of sp³-hybridized carbons (Fsp3) is 0. The molecule has 0 radical (unpaired) electrons. The quantitative estimate of drug-likeness (QED) is 0.176. The summed E-state index contributed by atoms with van der Waals surface area (Å²) < 4.78 is 22.2. The standard InChI is InChI=1S/C55H30N4O3/c1-2-14-32-28-45-41(27-31(32)13-1)33-15-3-7-23-44(33)59(45)46-30-50-42(36-18-6-8-24-47(36)60-50)29-43(46)55-57-53(39-21-11-19-37-34-16-4-9-25-48(34)61-51(37)39)56-54(58-55)40-22-12-20-38-35-17-5-10-26-49(35)62-52(38)40/h1-30H. The lowest BCUT2D eigenvalue weighted by molar-refractivity contribution is 0.668. The number of nitrogens with zero attached hydrogens (tertiary/aromatic N) is 4. The summed E-state index contributed by atoms with van der Waals surface area (Å²) in [5, 5.41) is 10.7. The van der Waals surface area contributed by atoms with Gasteiger partial charge in [-0.3, -0.25) is 0 Å². The molecule has 0 bridgehead atoms. The minimum atomic E-state index is 0.485. The summed E-state index contributed by atoms with van der Waals surface area (Å²) in [6, 6.07) is 62.7. The van der Waals surface area contributed by atoms with Gasteiger partial charge in [-0.2, -0.15) is 0 Å². The van der Waals surface area contributed by atoms with Crippen molar-refractivity contribution in [3.05, 3.63) is 182 Å². The molecule has 0 aliphatic heterocycles. The van der Waals surface area contributed by atoms with Gasteiger partial charge < -0.3 is 17.8 Å². The topological polar surface area (TPSA) is 83.0 Å². The zero-order valence-corrected chi connectivity index (χ0v) is 32.8. The van der Waals surface area contributed by atoms with Crippen molar-refractivity contribution in [2.75, 3.05) is 0 Å². The Hall–Kier alpha value is -8.55. The van der Waals surface area contributed by atoms with Gasteiger partial charge in [0.05, 0.1) is 27.8 Å². The van der Waals surface area contributed by atoms with E-state index < -0.39 is 0 Å². The normalized spacial score (nSPS) is 12.2. The Morgan fingerprint density at radius 1 is 0.306 bits per heavy atom. The van der Waals surface area contributed by atoms with Crippen molar-refractivity contribution < 1.29 is 13.3 Å². The monoisotopic (exact) mass is 794 g/mol. The summed E-state index contributed by atoms with van der Waals surface area (Å²) in [5.74, 6) is 1.47. The van der Waals surface area contributed by atoms with Crippen LogP contribution in [0.4, 0.5) is 0 Å². The third-order valence-electron chi connectivity index (χ3n) is 12.4. The molecule has 0 aliphatic carbocycles.